The number of rotatable bonds is 7. The number of hydrogen-bond acceptors (Lipinski definition) is 5. The fraction of sp³-hybridized carbons (Fsp3) is 0.0417. The van der Waals surface area contributed by atoms with Crippen molar-refractivity contribution in [2.45, 2.75) is 6.92 Å². The number of nitrogens with zero attached hydrogens (tertiary/aromatic N) is 2. The SMILES string of the molecule is C/C(=N/NC(=O)/C(=C/c1cccc([N+](=O)[O-])c1)NC(=O)c1ccccc1)c1cccc(Br)c1. The molecule has 0 saturated heterocycles. The van der Waals surface area contributed by atoms with Crippen LogP contribution in [0.5, 0.6) is 0 Å². The van der Waals surface area contributed by atoms with Gasteiger partial charge in [-0.05, 0) is 48.4 Å². The summed E-state index contributed by atoms with van der Waals surface area (Å²) in [5.74, 6) is -1.18. The van der Waals surface area contributed by atoms with Gasteiger partial charge in [0.15, 0.2) is 0 Å². The van der Waals surface area contributed by atoms with Crippen LogP contribution in [-0.4, -0.2) is 22.4 Å². The number of benzene rings is 3. The molecule has 0 radical (unpaired) electrons. The van der Waals surface area contributed by atoms with Gasteiger partial charge in [-0.15, -0.1) is 0 Å². The van der Waals surface area contributed by atoms with Crippen molar-refractivity contribution in [3.05, 3.63) is 116 Å². The van der Waals surface area contributed by atoms with Crippen LogP contribution in [0.3, 0.4) is 0 Å². The van der Waals surface area contributed by atoms with Gasteiger partial charge in [0.25, 0.3) is 17.5 Å². The Labute approximate surface area is 198 Å². The second-order valence-electron chi connectivity index (χ2n) is 6.88. The van der Waals surface area contributed by atoms with Crippen molar-refractivity contribution in [1.82, 2.24) is 10.7 Å². The normalized spacial score (nSPS) is 11.6. The first-order valence-corrected chi connectivity index (χ1v) is 10.6. The minimum absolute atomic E-state index is 0.116. The third-order valence-corrected chi connectivity index (χ3v) is 4.98. The molecule has 8 nitrogen and oxygen atoms in total. The molecule has 2 amide bonds. The van der Waals surface area contributed by atoms with E-state index in [0.29, 0.717) is 16.8 Å². The Hall–Kier alpha value is -4.11. The zero-order valence-corrected chi connectivity index (χ0v) is 19.1. The Kier molecular flexibility index (Phi) is 7.82. The summed E-state index contributed by atoms with van der Waals surface area (Å²) in [6.45, 7) is 1.73. The molecule has 3 aromatic rings. The van der Waals surface area contributed by atoms with E-state index in [-0.39, 0.29) is 11.4 Å². The lowest BCUT2D eigenvalue weighted by Gasteiger charge is -2.10. The molecule has 2 N–H and O–H groups in total. The second kappa shape index (κ2) is 11.0. The molecule has 3 aromatic carbocycles. The van der Waals surface area contributed by atoms with Gasteiger partial charge in [0, 0.05) is 22.2 Å². The molecule has 3 rings (SSSR count). The molecular weight excluding hydrogens is 488 g/mol. The number of hydrogen-bond donors (Lipinski definition) is 2. The Morgan fingerprint density at radius 3 is 2.36 bits per heavy atom. The monoisotopic (exact) mass is 506 g/mol. The van der Waals surface area contributed by atoms with Gasteiger partial charge in [-0.2, -0.15) is 5.10 Å². The predicted octanol–water partition coefficient (Wildman–Crippen LogP) is 4.67. The van der Waals surface area contributed by atoms with Crippen molar-refractivity contribution in [1.29, 1.82) is 0 Å². The van der Waals surface area contributed by atoms with Crippen LogP contribution in [0.2, 0.25) is 0 Å². The van der Waals surface area contributed by atoms with Crippen molar-refractivity contribution in [2.75, 3.05) is 0 Å². The van der Waals surface area contributed by atoms with Gasteiger partial charge in [0.1, 0.15) is 5.70 Å². The minimum Gasteiger partial charge on any atom is -0.317 e. The van der Waals surface area contributed by atoms with E-state index in [1.165, 1.54) is 24.3 Å². The molecule has 0 atom stereocenters. The molecule has 0 fully saturated rings. The van der Waals surface area contributed by atoms with Gasteiger partial charge in [-0.1, -0.05) is 58.4 Å². The molecule has 0 spiro atoms. The van der Waals surface area contributed by atoms with Crippen LogP contribution in [0.25, 0.3) is 6.08 Å². The summed E-state index contributed by atoms with van der Waals surface area (Å²) in [4.78, 5) is 36.1. The van der Waals surface area contributed by atoms with E-state index < -0.39 is 16.7 Å². The van der Waals surface area contributed by atoms with Crippen molar-refractivity contribution >= 4 is 45.2 Å². The molecule has 9 heteroatoms. The third-order valence-electron chi connectivity index (χ3n) is 4.49. The Morgan fingerprint density at radius 1 is 0.970 bits per heavy atom. The maximum absolute atomic E-state index is 12.9. The molecule has 0 aliphatic carbocycles. The highest BCUT2D eigenvalue weighted by Crippen LogP contribution is 2.16. The number of non-ortho nitro benzene ring substituents is 1. The topological polar surface area (TPSA) is 114 Å². The number of nitrogens with one attached hydrogen (secondary N) is 2. The summed E-state index contributed by atoms with van der Waals surface area (Å²) >= 11 is 3.39. The lowest BCUT2D eigenvalue weighted by Crippen LogP contribution is -2.33. The Bertz CT molecular complexity index is 1260. The van der Waals surface area contributed by atoms with Crippen LogP contribution in [0.4, 0.5) is 5.69 Å². The van der Waals surface area contributed by atoms with E-state index in [1.807, 2.05) is 24.3 Å². The van der Waals surface area contributed by atoms with Crippen LogP contribution >= 0.6 is 15.9 Å². The van der Waals surface area contributed by atoms with Gasteiger partial charge in [0.2, 0.25) is 0 Å². The molecule has 0 unspecified atom stereocenters. The maximum atomic E-state index is 12.9. The fourth-order valence-electron chi connectivity index (χ4n) is 2.81. The standard InChI is InChI=1S/C24H19BrN4O4/c1-16(19-10-6-11-20(25)15-19)27-28-24(31)22(26-23(30)18-8-3-2-4-9-18)14-17-7-5-12-21(13-17)29(32)33/h2-15H,1H3,(H,26,30)(H,28,31)/b22-14-,27-16-. The van der Waals surface area contributed by atoms with Gasteiger partial charge in [0.05, 0.1) is 10.6 Å². The predicted molar refractivity (Wildman–Crippen MR) is 129 cm³/mol. The van der Waals surface area contributed by atoms with Crippen LogP contribution in [0, 0.1) is 10.1 Å². The number of carbonyl (C=O) groups excluding carboxylic acids is 2. The highest BCUT2D eigenvalue weighted by atomic mass is 79.9. The first-order chi connectivity index (χ1) is 15.8. The van der Waals surface area contributed by atoms with Crippen molar-refractivity contribution in [3.8, 4) is 0 Å². The van der Waals surface area contributed by atoms with Crippen LogP contribution < -0.4 is 10.7 Å². The molecule has 0 heterocycles. The fourth-order valence-corrected chi connectivity index (χ4v) is 3.21. The van der Waals surface area contributed by atoms with Crippen LogP contribution in [0.1, 0.15) is 28.4 Å². The summed E-state index contributed by atoms with van der Waals surface area (Å²) < 4.78 is 0.863. The second-order valence-corrected chi connectivity index (χ2v) is 7.79. The molecular formula is C24H19BrN4O4. The van der Waals surface area contributed by atoms with Crippen molar-refractivity contribution in [2.24, 2.45) is 5.10 Å². The van der Waals surface area contributed by atoms with E-state index >= 15 is 0 Å². The highest BCUT2D eigenvalue weighted by molar-refractivity contribution is 9.10. The van der Waals surface area contributed by atoms with Crippen LogP contribution in [0.15, 0.2) is 94.1 Å². The first kappa shape index (κ1) is 23.6. The number of halogens is 1. The lowest BCUT2D eigenvalue weighted by molar-refractivity contribution is -0.384. The average Bonchev–Trinajstić information content (AvgIpc) is 2.82. The number of nitro benzene ring substituents is 1. The summed E-state index contributed by atoms with van der Waals surface area (Å²) in [5.41, 5.74) is 4.24. The van der Waals surface area contributed by atoms with Gasteiger partial charge in [-0.3, -0.25) is 19.7 Å². The number of carbonyl (C=O) groups is 2. The largest absolute Gasteiger partial charge is 0.317 e. The smallest absolute Gasteiger partial charge is 0.287 e. The van der Waals surface area contributed by atoms with Gasteiger partial charge < -0.3 is 5.32 Å². The summed E-state index contributed by atoms with van der Waals surface area (Å²) in [7, 11) is 0. The molecule has 166 valence electrons. The average molecular weight is 507 g/mol. The number of nitro groups is 1. The molecule has 0 aliphatic heterocycles. The molecule has 0 saturated carbocycles. The van der Waals surface area contributed by atoms with Crippen molar-refractivity contribution < 1.29 is 14.5 Å². The van der Waals surface area contributed by atoms with Gasteiger partial charge >= 0.3 is 0 Å². The zero-order valence-electron chi connectivity index (χ0n) is 17.5. The minimum atomic E-state index is -0.680. The quantitative estimate of drug-likeness (QED) is 0.209. The van der Waals surface area contributed by atoms with E-state index in [9.17, 15) is 19.7 Å². The summed E-state index contributed by atoms with van der Waals surface area (Å²) in [6, 6.07) is 21.5. The van der Waals surface area contributed by atoms with E-state index in [0.717, 1.165) is 10.0 Å². The first-order valence-electron chi connectivity index (χ1n) is 9.76. The number of hydrazone groups is 1. The maximum Gasteiger partial charge on any atom is 0.287 e. The van der Waals surface area contributed by atoms with E-state index in [4.69, 9.17) is 0 Å². The molecule has 33 heavy (non-hydrogen) atoms. The van der Waals surface area contributed by atoms with E-state index in [2.05, 4.69) is 31.8 Å². The van der Waals surface area contributed by atoms with Crippen molar-refractivity contribution in [3.63, 3.8) is 0 Å². The molecule has 0 aromatic heterocycles. The lowest BCUT2D eigenvalue weighted by atomic mass is 10.1. The Balaban J connectivity index is 1.89. The summed E-state index contributed by atoms with van der Waals surface area (Å²) in [6.07, 6.45) is 1.35. The highest BCUT2D eigenvalue weighted by Gasteiger charge is 2.15. The van der Waals surface area contributed by atoms with E-state index in [1.54, 1.807) is 43.3 Å². The van der Waals surface area contributed by atoms with Gasteiger partial charge in [-0.25, -0.2) is 5.43 Å². The molecule has 0 aliphatic rings. The zero-order chi connectivity index (χ0) is 23.8. The number of amides is 2. The third kappa shape index (κ3) is 6.68. The van der Waals surface area contributed by atoms with Crippen LogP contribution in [-0.2, 0) is 4.79 Å². The summed E-state index contributed by atoms with van der Waals surface area (Å²) in [5, 5.41) is 17.8. The molecule has 0 bridgehead atoms. The Morgan fingerprint density at radius 2 is 1.67 bits per heavy atom.